The molecule has 0 radical (unpaired) electrons. The van der Waals surface area contributed by atoms with Crippen LogP contribution in [0.4, 0.5) is 17.1 Å². The maximum atomic E-state index is 13.0. The molecule has 0 fully saturated rings. The summed E-state index contributed by atoms with van der Waals surface area (Å²) in [5.41, 5.74) is 0.753. The molecule has 1 aliphatic heterocycles. The Labute approximate surface area is 191 Å². The third-order valence-corrected chi connectivity index (χ3v) is 5.25. The third-order valence-electron chi connectivity index (χ3n) is 5.25. The molecular weight excluding hydrogens is 446 g/mol. The van der Waals surface area contributed by atoms with Crippen LogP contribution in [0.5, 0.6) is 0 Å². The normalized spacial score (nSPS) is 12.4. The van der Waals surface area contributed by atoms with Gasteiger partial charge in [0.05, 0.1) is 32.2 Å². The number of ether oxygens (including phenoxy) is 1. The number of benzene rings is 3. The van der Waals surface area contributed by atoms with Gasteiger partial charge < -0.3 is 4.74 Å². The Bertz CT molecular complexity index is 1400. The van der Waals surface area contributed by atoms with Crippen molar-refractivity contribution < 1.29 is 29.0 Å². The molecule has 0 aromatic heterocycles. The van der Waals surface area contributed by atoms with E-state index in [-0.39, 0.29) is 40.4 Å². The molecule has 0 bridgehead atoms. The highest BCUT2D eigenvalue weighted by Gasteiger charge is 2.38. The van der Waals surface area contributed by atoms with E-state index in [1.165, 1.54) is 54.6 Å². The largest absolute Gasteiger partial charge is 0.457 e. The van der Waals surface area contributed by atoms with E-state index in [2.05, 4.69) is 0 Å². The van der Waals surface area contributed by atoms with Crippen LogP contribution in [-0.2, 0) is 11.3 Å². The first kappa shape index (κ1) is 22.3. The summed E-state index contributed by atoms with van der Waals surface area (Å²) in [6.45, 7) is 1.32. The minimum atomic E-state index is -0.778. The first-order valence-corrected chi connectivity index (χ1v) is 9.85. The molecule has 1 aliphatic rings. The van der Waals surface area contributed by atoms with Crippen molar-refractivity contribution in [1.82, 2.24) is 0 Å². The lowest BCUT2D eigenvalue weighted by molar-refractivity contribution is -0.385. The lowest BCUT2D eigenvalue weighted by Gasteiger charge is -2.16. The van der Waals surface area contributed by atoms with Crippen LogP contribution in [0.1, 0.15) is 42.2 Å². The third kappa shape index (κ3) is 3.97. The van der Waals surface area contributed by atoms with Crippen LogP contribution in [0.2, 0.25) is 0 Å². The zero-order chi connectivity index (χ0) is 24.6. The number of rotatable bonds is 6. The van der Waals surface area contributed by atoms with Crippen molar-refractivity contribution in [3.63, 3.8) is 0 Å². The number of nitro groups is 2. The monoisotopic (exact) mass is 461 g/mol. The topological polar surface area (TPSA) is 150 Å². The summed E-state index contributed by atoms with van der Waals surface area (Å²) in [6.07, 6.45) is 0. The van der Waals surface area contributed by atoms with Crippen LogP contribution in [0.25, 0.3) is 0 Å². The zero-order valence-electron chi connectivity index (χ0n) is 17.6. The van der Waals surface area contributed by atoms with Gasteiger partial charge in [0.15, 0.2) is 0 Å². The number of hydrogen-bond donors (Lipinski definition) is 0. The van der Waals surface area contributed by atoms with E-state index < -0.39 is 27.6 Å². The summed E-state index contributed by atoms with van der Waals surface area (Å²) < 4.78 is 5.20. The van der Waals surface area contributed by atoms with E-state index in [0.29, 0.717) is 11.1 Å². The van der Waals surface area contributed by atoms with E-state index >= 15 is 0 Å². The number of carbonyl (C=O) groups is 3. The number of nitro benzene ring substituents is 2. The highest BCUT2D eigenvalue weighted by atomic mass is 16.6. The summed E-state index contributed by atoms with van der Waals surface area (Å²) in [4.78, 5) is 60.0. The molecule has 2 amide bonds. The summed E-state index contributed by atoms with van der Waals surface area (Å²) in [5.74, 6) is -2.07. The Morgan fingerprint density at radius 1 is 0.882 bits per heavy atom. The number of nitrogens with zero attached hydrogens (tertiary/aromatic N) is 3. The molecule has 34 heavy (non-hydrogen) atoms. The SMILES string of the molecule is Cc1cc([N+](=O)[O-])ccc1N1C(=O)c2ccc(C(=O)OCc3cccc([N+](=O)[O-])c3)cc2C1=O. The van der Waals surface area contributed by atoms with Crippen LogP contribution < -0.4 is 4.90 Å². The van der Waals surface area contributed by atoms with Gasteiger partial charge in [0.1, 0.15) is 6.61 Å². The van der Waals surface area contributed by atoms with Crippen LogP contribution in [0.3, 0.4) is 0 Å². The highest BCUT2D eigenvalue weighted by Crippen LogP contribution is 2.33. The van der Waals surface area contributed by atoms with Gasteiger partial charge in [-0.1, -0.05) is 12.1 Å². The number of fused-ring (bicyclic) bond motifs is 1. The molecule has 0 saturated heterocycles. The van der Waals surface area contributed by atoms with Gasteiger partial charge in [-0.25, -0.2) is 9.69 Å². The maximum absolute atomic E-state index is 13.0. The van der Waals surface area contributed by atoms with Gasteiger partial charge in [0.2, 0.25) is 0 Å². The Morgan fingerprint density at radius 3 is 2.24 bits per heavy atom. The van der Waals surface area contributed by atoms with Crippen molar-refractivity contribution in [1.29, 1.82) is 0 Å². The van der Waals surface area contributed by atoms with E-state index in [0.717, 1.165) is 4.90 Å². The Kier molecular flexibility index (Phi) is 5.60. The molecular formula is C23H15N3O8. The number of amides is 2. The molecule has 0 spiro atoms. The van der Waals surface area contributed by atoms with Gasteiger partial charge in [0.25, 0.3) is 23.2 Å². The van der Waals surface area contributed by atoms with Crippen molar-refractivity contribution in [3.8, 4) is 0 Å². The van der Waals surface area contributed by atoms with Crippen molar-refractivity contribution in [3.05, 3.63) is 109 Å². The molecule has 3 aromatic carbocycles. The fourth-order valence-electron chi connectivity index (χ4n) is 3.58. The molecule has 3 aromatic rings. The van der Waals surface area contributed by atoms with Crippen molar-refractivity contribution >= 4 is 34.8 Å². The van der Waals surface area contributed by atoms with Crippen LogP contribution in [-0.4, -0.2) is 27.6 Å². The average Bonchev–Trinajstić information content (AvgIpc) is 3.07. The molecule has 0 aliphatic carbocycles. The summed E-state index contributed by atoms with van der Waals surface area (Å²) in [5, 5.41) is 21.8. The first-order chi connectivity index (χ1) is 16.2. The van der Waals surface area contributed by atoms with E-state index in [4.69, 9.17) is 4.74 Å². The number of aryl methyl sites for hydroxylation is 1. The molecule has 1 heterocycles. The fourth-order valence-corrected chi connectivity index (χ4v) is 3.58. The lowest BCUT2D eigenvalue weighted by Crippen LogP contribution is -2.30. The Hall–Kier alpha value is -4.93. The van der Waals surface area contributed by atoms with E-state index in [1.807, 2.05) is 0 Å². The highest BCUT2D eigenvalue weighted by molar-refractivity contribution is 6.35. The second-order valence-electron chi connectivity index (χ2n) is 7.44. The summed E-state index contributed by atoms with van der Waals surface area (Å²) in [7, 11) is 0. The van der Waals surface area contributed by atoms with Crippen LogP contribution in [0.15, 0.2) is 60.7 Å². The second-order valence-corrected chi connectivity index (χ2v) is 7.44. The van der Waals surface area contributed by atoms with Crippen LogP contribution >= 0.6 is 0 Å². The number of esters is 1. The van der Waals surface area contributed by atoms with Crippen molar-refractivity contribution in [2.75, 3.05) is 4.90 Å². The fraction of sp³-hybridized carbons (Fsp3) is 0.0870. The lowest BCUT2D eigenvalue weighted by atomic mass is 10.1. The van der Waals surface area contributed by atoms with Gasteiger partial charge in [-0.3, -0.25) is 29.8 Å². The Balaban J connectivity index is 1.55. The average molecular weight is 461 g/mol. The van der Waals surface area contributed by atoms with E-state index in [1.54, 1.807) is 13.0 Å². The zero-order valence-corrected chi connectivity index (χ0v) is 17.6. The molecule has 170 valence electrons. The van der Waals surface area contributed by atoms with Crippen molar-refractivity contribution in [2.45, 2.75) is 13.5 Å². The second kappa shape index (κ2) is 8.54. The maximum Gasteiger partial charge on any atom is 0.338 e. The van der Waals surface area contributed by atoms with Gasteiger partial charge in [0, 0.05) is 24.3 Å². The minimum absolute atomic E-state index is 0.00690. The first-order valence-electron chi connectivity index (χ1n) is 9.85. The molecule has 4 rings (SSSR count). The predicted molar refractivity (Wildman–Crippen MR) is 118 cm³/mol. The number of hydrogen-bond acceptors (Lipinski definition) is 8. The number of carbonyl (C=O) groups excluding carboxylic acids is 3. The summed E-state index contributed by atoms with van der Waals surface area (Å²) in [6, 6.07) is 13.3. The standard InChI is InChI=1S/C23H15N3O8/c1-13-9-17(26(32)33)6-8-20(13)24-21(27)18-7-5-15(11-19(18)22(24)28)23(29)34-12-14-3-2-4-16(10-14)25(30)31/h2-11H,12H2,1H3. The molecule has 0 unspecified atom stereocenters. The molecule has 0 atom stereocenters. The predicted octanol–water partition coefficient (Wildman–Crippen LogP) is 3.97. The quantitative estimate of drug-likeness (QED) is 0.232. The number of imide groups is 1. The van der Waals surface area contributed by atoms with Gasteiger partial charge in [-0.15, -0.1) is 0 Å². The number of anilines is 1. The van der Waals surface area contributed by atoms with E-state index in [9.17, 15) is 34.6 Å². The van der Waals surface area contributed by atoms with Gasteiger partial charge >= 0.3 is 5.97 Å². The molecule has 11 nitrogen and oxygen atoms in total. The number of non-ortho nitro benzene ring substituents is 2. The Morgan fingerprint density at radius 2 is 1.56 bits per heavy atom. The van der Waals surface area contributed by atoms with Gasteiger partial charge in [-0.05, 0) is 42.3 Å². The molecule has 11 heteroatoms. The smallest absolute Gasteiger partial charge is 0.338 e. The minimum Gasteiger partial charge on any atom is -0.457 e. The van der Waals surface area contributed by atoms with Crippen molar-refractivity contribution in [2.24, 2.45) is 0 Å². The molecule has 0 saturated carbocycles. The molecule has 0 N–H and O–H groups in total. The van der Waals surface area contributed by atoms with Crippen LogP contribution in [0, 0.1) is 27.2 Å². The summed E-state index contributed by atoms with van der Waals surface area (Å²) >= 11 is 0. The van der Waals surface area contributed by atoms with Gasteiger partial charge in [-0.2, -0.15) is 0 Å².